The van der Waals surface area contributed by atoms with Crippen LogP contribution in [-0.2, 0) is 6.54 Å². The van der Waals surface area contributed by atoms with E-state index in [4.69, 9.17) is 11.6 Å². The van der Waals surface area contributed by atoms with Gasteiger partial charge in [-0.2, -0.15) is 0 Å². The van der Waals surface area contributed by atoms with Crippen molar-refractivity contribution in [3.05, 3.63) is 34.3 Å². The van der Waals surface area contributed by atoms with Crippen LogP contribution in [0.4, 0.5) is 0 Å². The predicted molar refractivity (Wildman–Crippen MR) is 71.3 cm³/mol. The van der Waals surface area contributed by atoms with Crippen molar-refractivity contribution < 1.29 is 5.11 Å². The highest BCUT2D eigenvalue weighted by molar-refractivity contribution is 6.30. The molecule has 0 heterocycles. The maximum Gasteiger partial charge on any atom is 0.0771 e. The number of aliphatic hydroxyl groups is 1. The Hall–Kier alpha value is -0.570. The van der Waals surface area contributed by atoms with Crippen LogP contribution in [0.15, 0.2) is 18.2 Å². The summed E-state index contributed by atoms with van der Waals surface area (Å²) in [5, 5.41) is 14.3. The fraction of sp³-hybridized carbons (Fsp3) is 0.571. The average molecular weight is 254 g/mol. The molecule has 2 N–H and O–H groups in total. The molecule has 1 aromatic rings. The van der Waals surface area contributed by atoms with E-state index in [2.05, 4.69) is 12.2 Å². The van der Waals surface area contributed by atoms with Gasteiger partial charge in [-0.3, -0.25) is 0 Å². The number of hydrogen-bond donors (Lipinski definition) is 2. The summed E-state index contributed by atoms with van der Waals surface area (Å²) in [5.74, 6) is 0. The molecule has 0 amide bonds. The van der Waals surface area contributed by atoms with E-state index in [0.29, 0.717) is 6.54 Å². The Morgan fingerprint density at radius 2 is 2.06 bits per heavy atom. The van der Waals surface area contributed by atoms with Gasteiger partial charge in [-0.25, -0.2) is 0 Å². The monoisotopic (exact) mass is 253 g/mol. The Kier molecular flexibility index (Phi) is 4.08. The van der Waals surface area contributed by atoms with Gasteiger partial charge in [0.25, 0.3) is 0 Å². The second-order valence-corrected chi connectivity index (χ2v) is 5.54. The Balaban J connectivity index is 1.85. The molecule has 0 unspecified atom stereocenters. The van der Waals surface area contributed by atoms with Crippen LogP contribution in [0.5, 0.6) is 0 Å². The zero-order valence-corrected chi connectivity index (χ0v) is 11.1. The highest BCUT2D eigenvalue weighted by Gasteiger charge is 2.30. The molecular formula is C14H20ClNO. The van der Waals surface area contributed by atoms with E-state index in [-0.39, 0.29) is 0 Å². The molecule has 0 bridgehead atoms. The lowest BCUT2D eigenvalue weighted by atomic mass is 10.0. The van der Waals surface area contributed by atoms with Crippen molar-refractivity contribution in [3.63, 3.8) is 0 Å². The molecular weight excluding hydrogens is 234 g/mol. The smallest absolute Gasteiger partial charge is 0.0771 e. The van der Waals surface area contributed by atoms with Gasteiger partial charge in [0.2, 0.25) is 0 Å². The van der Waals surface area contributed by atoms with Gasteiger partial charge in [-0.15, -0.1) is 0 Å². The van der Waals surface area contributed by atoms with Crippen molar-refractivity contribution in [2.45, 2.75) is 44.8 Å². The number of halogens is 1. The summed E-state index contributed by atoms with van der Waals surface area (Å²) in [5.41, 5.74) is 1.97. The van der Waals surface area contributed by atoms with Crippen molar-refractivity contribution in [3.8, 4) is 0 Å². The van der Waals surface area contributed by atoms with E-state index in [1.165, 1.54) is 11.1 Å². The fourth-order valence-corrected chi connectivity index (χ4v) is 2.72. The molecule has 0 radical (unpaired) electrons. The predicted octanol–water partition coefficient (Wildman–Crippen LogP) is 3.04. The molecule has 1 fully saturated rings. The minimum atomic E-state index is -0.472. The molecule has 0 atom stereocenters. The maximum atomic E-state index is 10.2. The van der Waals surface area contributed by atoms with Crippen LogP contribution in [0, 0.1) is 6.92 Å². The van der Waals surface area contributed by atoms with Crippen LogP contribution in [0.1, 0.15) is 36.8 Å². The van der Waals surface area contributed by atoms with E-state index >= 15 is 0 Å². The zero-order chi connectivity index (χ0) is 12.3. The minimum Gasteiger partial charge on any atom is -0.389 e. The van der Waals surface area contributed by atoms with Gasteiger partial charge in [0, 0.05) is 18.1 Å². The lowest BCUT2D eigenvalue weighted by Gasteiger charge is -2.22. The molecule has 17 heavy (non-hydrogen) atoms. The number of hydrogen-bond acceptors (Lipinski definition) is 2. The normalized spacial score (nSPS) is 18.5. The van der Waals surface area contributed by atoms with E-state index in [0.717, 1.165) is 37.3 Å². The van der Waals surface area contributed by atoms with E-state index in [1.807, 2.05) is 18.2 Å². The van der Waals surface area contributed by atoms with E-state index in [9.17, 15) is 5.11 Å². The fourth-order valence-electron chi connectivity index (χ4n) is 2.50. The lowest BCUT2D eigenvalue weighted by Crippen LogP contribution is -2.37. The first-order valence-electron chi connectivity index (χ1n) is 6.27. The second kappa shape index (κ2) is 5.38. The molecule has 1 aromatic carbocycles. The van der Waals surface area contributed by atoms with E-state index in [1.54, 1.807) is 0 Å². The van der Waals surface area contributed by atoms with Gasteiger partial charge < -0.3 is 10.4 Å². The highest BCUT2D eigenvalue weighted by Crippen LogP contribution is 2.28. The molecule has 3 heteroatoms. The molecule has 0 spiro atoms. The van der Waals surface area contributed by atoms with Gasteiger partial charge in [-0.05, 0) is 43.0 Å². The van der Waals surface area contributed by atoms with Gasteiger partial charge in [0.1, 0.15) is 0 Å². The maximum absolute atomic E-state index is 10.2. The second-order valence-electron chi connectivity index (χ2n) is 5.11. The molecule has 0 aromatic heterocycles. The Morgan fingerprint density at radius 1 is 1.35 bits per heavy atom. The van der Waals surface area contributed by atoms with Crippen molar-refractivity contribution in [1.29, 1.82) is 0 Å². The first-order valence-corrected chi connectivity index (χ1v) is 6.65. The van der Waals surface area contributed by atoms with Crippen molar-refractivity contribution in [1.82, 2.24) is 5.32 Å². The third-order valence-corrected chi connectivity index (χ3v) is 3.84. The van der Waals surface area contributed by atoms with Gasteiger partial charge in [0.05, 0.1) is 5.60 Å². The summed E-state index contributed by atoms with van der Waals surface area (Å²) in [6, 6.07) is 5.93. The number of nitrogens with one attached hydrogen (secondary N) is 1. The first-order chi connectivity index (χ1) is 8.09. The highest BCUT2D eigenvalue weighted by atomic mass is 35.5. The Labute approximate surface area is 108 Å². The van der Waals surface area contributed by atoms with Crippen molar-refractivity contribution >= 4 is 11.6 Å². The minimum absolute atomic E-state index is 0.472. The number of benzene rings is 1. The summed E-state index contributed by atoms with van der Waals surface area (Å²) in [4.78, 5) is 0. The lowest BCUT2D eigenvalue weighted by molar-refractivity contribution is 0.0474. The third-order valence-electron chi connectivity index (χ3n) is 3.61. The van der Waals surface area contributed by atoms with Crippen LogP contribution in [0.25, 0.3) is 0 Å². The van der Waals surface area contributed by atoms with Crippen LogP contribution in [0.2, 0.25) is 5.02 Å². The Bertz CT molecular complexity index is 386. The topological polar surface area (TPSA) is 32.3 Å². The van der Waals surface area contributed by atoms with Gasteiger partial charge in [-0.1, -0.05) is 30.5 Å². The molecule has 94 valence electrons. The van der Waals surface area contributed by atoms with Crippen LogP contribution >= 0.6 is 11.6 Å². The molecule has 1 aliphatic rings. The Morgan fingerprint density at radius 3 is 2.71 bits per heavy atom. The van der Waals surface area contributed by atoms with Crippen LogP contribution < -0.4 is 5.32 Å². The summed E-state index contributed by atoms with van der Waals surface area (Å²) in [7, 11) is 0. The van der Waals surface area contributed by atoms with Gasteiger partial charge in [0.15, 0.2) is 0 Å². The average Bonchev–Trinajstić information content (AvgIpc) is 2.69. The summed E-state index contributed by atoms with van der Waals surface area (Å²) >= 11 is 5.92. The standard InChI is InChI=1S/C14H20ClNO/c1-11-8-13(15)5-4-12(11)9-16-10-14(17)6-2-3-7-14/h4-5,8,16-17H,2-3,6-7,9-10H2,1H3. The molecule has 0 saturated heterocycles. The SMILES string of the molecule is Cc1cc(Cl)ccc1CNCC1(O)CCCC1. The van der Waals surface area contributed by atoms with Crippen LogP contribution in [-0.4, -0.2) is 17.3 Å². The third kappa shape index (κ3) is 3.44. The largest absolute Gasteiger partial charge is 0.389 e. The van der Waals surface area contributed by atoms with Gasteiger partial charge >= 0.3 is 0 Å². The quantitative estimate of drug-likeness (QED) is 0.865. The number of rotatable bonds is 4. The van der Waals surface area contributed by atoms with E-state index < -0.39 is 5.60 Å². The summed E-state index contributed by atoms with van der Waals surface area (Å²) in [6.45, 7) is 3.55. The van der Waals surface area contributed by atoms with Crippen molar-refractivity contribution in [2.75, 3.05) is 6.54 Å². The number of aryl methyl sites for hydroxylation is 1. The molecule has 1 saturated carbocycles. The van der Waals surface area contributed by atoms with Crippen molar-refractivity contribution in [2.24, 2.45) is 0 Å². The molecule has 1 aliphatic carbocycles. The molecule has 2 rings (SSSR count). The zero-order valence-electron chi connectivity index (χ0n) is 10.3. The molecule has 0 aliphatic heterocycles. The summed E-state index contributed by atoms with van der Waals surface area (Å²) < 4.78 is 0. The molecule has 2 nitrogen and oxygen atoms in total. The first kappa shape index (κ1) is 12.9. The van der Waals surface area contributed by atoms with Crippen LogP contribution in [0.3, 0.4) is 0 Å². The summed E-state index contributed by atoms with van der Waals surface area (Å²) in [6.07, 6.45) is 4.16.